The predicted molar refractivity (Wildman–Crippen MR) is 75.9 cm³/mol. The lowest BCUT2D eigenvalue weighted by Gasteiger charge is -2.04. The largest absolute Gasteiger partial charge is 0.311 e. The normalized spacial score (nSPS) is 10.3. The van der Waals surface area contributed by atoms with E-state index in [2.05, 4.69) is 17.2 Å². The topological polar surface area (TPSA) is 42.0 Å². The van der Waals surface area contributed by atoms with Crippen LogP contribution in [0.1, 0.15) is 51.9 Å². The van der Waals surface area contributed by atoms with Gasteiger partial charge >= 0.3 is 0 Å². The van der Waals surface area contributed by atoms with E-state index in [-0.39, 0.29) is 5.91 Å². The van der Waals surface area contributed by atoms with Gasteiger partial charge in [0.1, 0.15) is 11.0 Å². The second-order valence-corrected chi connectivity index (χ2v) is 4.80. The molecule has 100 valence electrons. The van der Waals surface area contributed by atoms with E-state index in [9.17, 15) is 4.79 Å². The first-order chi connectivity index (χ1) is 8.72. The Morgan fingerprint density at radius 2 is 1.94 bits per heavy atom. The van der Waals surface area contributed by atoms with E-state index in [1.165, 1.54) is 25.7 Å². The highest BCUT2D eigenvalue weighted by Crippen LogP contribution is 2.11. The summed E-state index contributed by atoms with van der Waals surface area (Å²) >= 11 is 5.74. The summed E-state index contributed by atoms with van der Waals surface area (Å²) in [7, 11) is 0. The average Bonchev–Trinajstić information content (AvgIpc) is 2.33. The van der Waals surface area contributed by atoms with Crippen molar-refractivity contribution in [2.24, 2.45) is 0 Å². The molecule has 0 aliphatic rings. The van der Waals surface area contributed by atoms with E-state index in [4.69, 9.17) is 11.6 Å². The number of nitrogens with one attached hydrogen (secondary N) is 1. The maximum absolute atomic E-state index is 11.6. The third-order valence-electron chi connectivity index (χ3n) is 2.74. The SMILES string of the molecule is CCCCCCCCC(=O)Nc1cccc(Cl)n1. The number of anilines is 1. The van der Waals surface area contributed by atoms with Crippen molar-refractivity contribution in [1.82, 2.24) is 4.98 Å². The number of rotatable bonds is 8. The Kier molecular flexibility index (Phi) is 7.42. The summed E-state index contributed by atoms with van der Waals surface area (Å²) in [5.41, 5.74) is 0. The van der Waals surface area contributed by atoms with Crippen LogP contribution in [0.5, 0.6) is 0 Å². The van der Waals surface area contributed by atoms with Crippen molar-refractivity contribution in [2.45, 2.75) is 51.9 Å². The first kappa shape index (κ1) is 15.0. The molecular formula is C14H21ClN2O. The molecule has 1 N–H and O–H groups in total. The van der Waals surface area contributed by atoms with E-state index >= 15 is 0 Å². The highest BCUT2D eigenvalue weighted by atomic mass is 35.5. The lowest BCUT2D eigenvalue weighted by atomic mass is 10.1. The number of pyridine rings is 1. The molecule has 3 nitrogen and oxygen atoms in total. The maximum Gasteiger partial charge on any atom is 0.225 e. The number of unbranched alkanes of at least 4 members (excludes halogenated alkanes) is 5. The van der Waals surface area contributed by atoms with Gasteiger partial charge in [0.05, 0.1) is 0 Å². The monoisotopic (exact) mass is 268 g/mol. The minimum absolute atomic E-state index is 0.0141. The summed E-state index contributed by atoms with van der Waals surface area (Å²) in [6.07, 6.45) is 7.65. The first-order valence-electron chi connectivity index (χ1n) is 6.64. The van der Waals surface area contributed by atoms with Gasteiger partial charge in [0.2, 0.25) is 5.91 Å². The lowest BCUT2D eigenvalue weighted by molar-refractivity contribution is -0.116. The van der Waals surface area contributed by atoms with E-state index in [1.54, 1.807) is 18.2 Å². The molecule has 18 heavy (non-hydrogen) atoms. The van der Waals surface area contributed by atoms with Gasteiger partial charge in [-0.05, 0) is 18.6 Å². The molecule has 0 aromatic carbocycles. The highest BCUT2D eigenvalue weighted by molar-refractivity contribution is 6.29. The van der Waals surface area contributed by atoms with Gasteiger partial charge in [-0.3, -0.25) is 4.79 Å². The molecule has 1 heterocycles. The highest BCUT2D eigenvalue weighted by Gasteiger charge is 2.03. The van der Waals surface area contributed by atoms with Crippen LogP contribution in [-0.2, 0) is 4.79 Å². The molecule has 0 saturated carbocycles. The zero-order valence-electron chi connectivity index (χ0n) is 10.9. The minimum atomic E-state index is 0.0141. The van der Waals surface area contributed by atoms with E-state index in [0.29, 0.717) is 17.4 Å². The molecule has 0 spiro atoms. The van der Waals surface area contributed by atoms with Gasteiger partial charge in [0.25, 0.3) is 0 Å². The number of hydrogen-bond acceptors (Lipinski definition) is 2. The Hall–Kier alpha value is -1.09. The number of halogens is 1. The summed E-state index contributed by atoms with van der Waals surface area (Å²) in [5.74, 6) is 0.541. The average molecular weight is 269 g/mol. The second kappa shape index (κ2) is 8.92. The fraction of sp³-hybridized carbons (Fsp3) is 0.571. The first-order valence-corrected chi connectivity index (χ1v) is 7.02. The van der Waals surface area contributed by atoms with Gasteiger partial charge in [0, 0.05) is 6.42 Å². The zero-order valence-corrected chi connectivity index (χ0v) is 11.7. The number of carbonyl (C=O) groups is 1. The van der Waals surface area contributed by atoms with Crippen LogP contribution in [0.2, 0.25) is 5.15 Å². The van der Waals surface area contributed by atoms with E-state index in [1.807, 2.05) is 0 Å². The van der Waals surface area contributed by atoms with Crippen LogP contribution in [0.15, 0.2) is 18.2 Å². The van der Waals surface area contributed by atoms with Crippen LogP contribution in [0.25, 0.3) is 0 Å². The lowest BCUT2D eigenvalue weighted by Crippen LogP contribution is -2.12. The number of carbonyl (C=O) groups excluding carboxylic acids is 1. The molecular weight excluding hydrogens is 248 g/mol. The Morgan fingerprint density at radius 3 is 2.67 bits per heavy atom. The van der Waals surface area contributed by atoms with Crippen molar-refractivity contribution < 1.29 is 4.79 Å². The van der Waals surface area contributed by atoms with Crippen molar-refractivity contribution >= 4 is 23.3 Å². The van der Waals surface area contributed by atoms with Crippen LogP contribution < -0.4 is 5.32 Å². The minimum Gasteiger partial charge on any atom is -0.311 e. The number of amides is 1. The Bertz CT molecular complexity index is 369. The van der Waals surface area contributed by atoms with Crippen LogP contribution in [0, 0.1) is 0 Å². The molecule has 4 heteroatoms. The summed E-state index contributed by atoms with van der Waals surface area (Å²) in [6.45, 7) is 2.20. The molecule has 0 radical (unpaired) electrons. The number of nitrogens with zero attached hydrogens (tertiary/aromatic N) is 1. The maximum atomic E-state index is 11.6. The van der Waals surface area contributed by atoms with Crippen LogP contribution >= 0.6 is 11.6 Å². The molecule has 0 aliphatic carbocycles. The fourth-order valence-corrected chi connectivity index (χ4v) is 1.91. The Labute approximate surface area is 114 Å². The van der Waals surface area contributed by atoms with Crippen molar-refractivity contribution in [3.63, 3.8) is 0 Å². The van der Waals surface area contributed by atoms with Gasteiger partial charge in [-0.15, -0.1) is 0 Å². The van der Waals surface area contributed by atoms with Gasteiger partial charge in [-0.2, -0.15) is 0 Å². The summed E-state index contributed by atoms with van der Waals surface area (Å²) in [5, 5.41) is 3.15. The van der Waals surface area contributed by atoms with Gasteiger partial charge < -0.3 is 5.32 Å². The quantitative estimate of drug-likeness (QED) is 0.560. The van der Waals surface area contributed by atoms with Crippen molar-refractivity contribution in [1.29, 1.82) is 0 Å². The molecule has 1 rings (SSSR count). The molecule has 1 aromatic rings. The smallest absolute Gasteiger partial charge is 0.225 e. The van der Waals surface area contributed by atoms with Crippen molar-refractivity contribution in [3.05, 3.63) is 23.4 Å². The number of hydrogen-bond donors (Lipinski definition) is 1. The molecule has 0 saturated heterocycles. The predicted octanol–water partition coefficient (Wildman–Crippen LogP) is 4.42. The third-order valence-corrected chi connectivity index (χ3v) is 2.95. The molecule has 0 unspecified atom stereocenters. The molecule has 0 aliphatic heterocycles. The van der Waals surface area contributed by atoms with Gasteiger partial charge in [-0.1, -0.05) is 56.7 Å². The zero-order chi connectivity index (χ0) is 13.2. The van der Waals surface area contributed by atoms with Gasteiger partial charge in [-0.25, -0.2) is 4.98 Å². The Balaban J connectivity index is 2.14. The second-order valence-electron chi connectivity index (χ2n) is 4.41. The van der Waals surface area contributed by atoms with Crippen LogP contribution in [0.4, 0.5) is 5.82 Å². The Morgan fingerprint density at radius 1 is 1.22 bits per heavy atom. The van der Waals surface area contributed by atoms with Crippen molar-refractivity contribution in [2.75, 3.05) is 5.32 Å². The molecule has 1 amide bonds. The van der Waals surface area contributed by atoms with Crippen LogP contribution in [0.3, 0.4) is 0 Å². The number of aromatic nitrogens is 1. The summed E-state index contributed by atoms with van der Waals surface area (Å²) in [6, 6.07) is 5.20. The summed E-state index contributed by atoms with van der Waals surface area (Å²) < 4.78 is 0. The third kappa shape index (κ3) is 6.60. The summed E-state index contributed by atoms with van der Waals surface area (Å²) in [4.78, 5) is 15.6. The van der Waals surface area contributed by atoms with Crippen LogP contribution in [-0.4, -0.2) is 10.9 Å². The van der Waals surface area contributed by atoms with E-state index in [0.717, 1.165) is 12.8 Å². The standard InChI is InChI=1S/C14H21ClN2O/c1-2-3-4-5-6-7-11-14(18)17-13-10-8-9-12(15)16-13/h8-10H,2-7,11H2,1H3,(H,16,17,18). The van der Waals surface area contributed by atoms with Crippen molar-refractivity contribution in [3.8, 4) is 0 Å². The molecule has 1 aromatic heterocycles. The van der Waals surface area contributed by atoms with Gasteiger partial charge in [0.15, 0.2) is 0 Å². The molecule has 0 bridgehead atoms. The molecule has 0 fully saturated rings. The molecule has 0 atom stereocenters. The van der Waals surface area contributed by atoms with E-state index < -0.39 is 0 Å². The fourth-order valence-electron chi connectivity index (χ4n) is 1.75.